The van der Waals surface area contributed by atoms with Gasteiger partial charge in [-0.1, -0.05) is 28.1 Å². The Labute approximate surface area is 117 Å². The molecule has 0 aromatic heterocycles. The molecule has 2 rings (SSSR count). The summed E-state index contributed by atoms with van der Waals surface area (Å²) < 4.78 is 0.957. The highest BCUT2D eigenvalue weighted by Gasteiger charge is 2.40. The Bertz CT molecular complexity index is 477. The van der Waals surface area contributed by atoms with Gasteiger partial charge in [-0.05, 0) is 17.7 Å². The molecular weight excluding hydrogens is 318 g/mol. The minimum absolute atomic E-state index is 0.208. The van der Waals surface area contributed by atoms with E-state index in [0.717, 1.165) is 10.0 Å². The molecule has 0 spiro atoms. The molecule has 18 heavy (non-hydrogen) atoms. The van der Waals surface area contributed by atoms with Crippen molar-refractivity contribution < 1.29 is 14.7 Å². The Balaban J connectivity index is 2.30. The number of hydrogen-bond donors (Lipinski definition) is 1. The van der Waals surface area contributed by atoms with Crippen LogP contribution < -0.4 is 0 Å². The maximum atomic E-state index is 11.7. The van der Waals surface area contributed by atoms with Crippen molar-refractivity contribution in [1.82, 2.24) is 4.90 Å². The molecule has 2 atom stereocenters. The van der Waals surface area contributed by atoms with Gasteiger partial charge in [-0.15, -0.1) is 11.8 Å². The molecule has 1 saturated heterocycles. The van der Waals surface area contributed by atoms with Gasteiger partial charge in [0.2, 0.25) is 5.91 Å². The van der Waals surface area contributed by atoms with E-state index in [1.807, 2.05) is 24.3 Å². The van der Waals surface area contributed by atoms with Gasteiger partial charge in [-0.2, -0.15) is 0 Å². The highest BCUT2D eigenvalue weighted by atomic mass is 79.9. The van der Waals surface area contributed by atoms with Crippen LogP contribution in [0.5, 0.6) is 0 Å². The Hall–Kier alpha value is -1.01. The first-order valence-corrected chi connectivity index (χ1v) is 7.23. The largest absolute Gasteiger partial charge is 0.480 e. The van der Waals surface area contributed by atoms with Gasteiger partial charge in [0.15, 0.2) is 0 Å². The van der Waals surface area contributed by atoms with Gasteiger partial charge in [0, 0.05) is 17.1 Å². The molecule has 1 amide bonds. The van der Waals surface area contributed by atoms with Crippen LogP contribution in [-0.4, -0.2) is 33.7 Å². The van der Waals surface area contributed by atoms with Crippen molar-refractivity contribution in [3.05, 3.63) is 34.3 Å². The van der Waals surface area contributed by atoms with Gasteiger partial charge < -0.3 is 10.0 Å². The number of carbonyl (C=O) groups excluding carboxylic acids is 1. The third kappa shape index (κ3) is 2.54. The van der Waals surface area contributed by atoms with Crippen LogP contribution in [0.3, 0.4) is 0 Å². The molecule has 1 N–H and O–H groups in total. The number of halogens is 1. The average Bonchev–Trinajstić information content (AvgIpc) is 2.74. The zero-order valence-corrected chi connectivity index (χ0v) is 12.1. The molecule has 0 saturated carbocycles. The molecular formula is C12H12BrNO3S. The van der Waals surface area contributed by atoms with E-state index in [9.17, 15) is 9.59 Å². The Morgan fingerprint density at radius 1 is 1.39 bits per heavy atom. The van der Waals surface area contributed by atoms with Crippen LogP contribution in [0.4, 0.5) is 0 Å². The summed E-state index contributed by atoms with van der Waals surface area (Å²) in [4.78, 5) is 24.2. The van der Waals surface area contributed by atoms with Crippen molar-refractivity contribution in [3.63, 3.8) is 0 Å². The fourth-order valence-electron chi connectivity index (χ4n) is 1.97. The van der Waals surface area contributed by atoms with Crippen molar-refractivity contribution in [2.75, 3.05) is 5.75 Å². The number of carbonyl (C=O) groups is 2. The first-order chi connectivity index (χ1) is 8.50. The van der Waals surface area contributed by atoms with Crippen molar-refractivity contribution in [3.8, 4) is 0 Å². The van der Waals surface area contributed by atoms with Crippen LogP contribution >= 0.6 is 27.7 Å². The molecule has 1 fully saturated rings. The van der Waals surface area contributed by atoms with Gasteiger partial charge in [0.05, 0.1) is 0 Å². The molecule has 0 bridgehead atoms. The van der Waals surface area contributed by atoms with Crippen LogP contribution in [0.25, 0.3) is 0 Å². The van der Waals surface area contributed by atoms with E-state index in [1.165, 1.54) is 23.6 Å². The number of rotatable bonds is 2. The standard InChI is InChI=1S/C12H12BrNO3S/c1-7(15)14-10(12(16)17)6-18-11(14)8-2-4-9(13)5-3-8/h2-5,10-11H,6H2,1H3,(H,16,17)/t10-,11?/m0/s1. The maximum Gasteiger partial charge on any atom is 0.327 e. The lowest BCUT2D eigenvalue weighted by atomic mass is 10.2. The Morgan fingerprint density at radius 3 is 2.50 bits per heavy atom. The molecule has 1 heterocycles. The van der Waals surface area contributed by atoms with Gasteiger partial charge in [0.1, 0.15) is 11.4 Å². The third-order valence-corrected chi connectivity index (χ3v) is 4.66. The second-order valence-electron chi connectivity index (χ2n) is 4.02. The second kappa shape index (κ2) is 5.32. The van der Waals surface area contributed by atoms with Gasteiger partial charge in [-0.3, -0.25) is 4.79 Å². The summed E-state index contributed by atoms with van der Waals surface area (Å²) in [6.45, 7) is 1.41. The number of benzene rings is 1. The number of nitrogens with zero attached hydrogens (tertiary/aromatic N) is 1. The van der Waals surface area contributed by atoms with Gasteiger partial charge in [0.25, 0.3) is 0 Å². The summed E-state index contributed by atoms with van der Waals surface area (Å²) in [7, 11) is 0. The lowest BCUT2D eigenvalue weighted by molar-refractivity contribution is -0.148. The van der Waals surface area contributed by atoms with E-state index in [-0.39, 0.29) is 11.3 Å². The molecule has 1 aliphatic rings. The lowest BCUT2D eigenvalue weighted by Gasteiger charge is -2.26. The van der Waals surface area contributed by atoms with E-state index >= 15 is 0 Å². The summed E-state index contributed by atoms with van der Waals surface area (Å²) in [6.07, 6.45) is 0. The van der Waals surface area contributed by atoms with Crippen molar-refractivity contribution in [1.29, 1.82) is 0 Å². The topological polar surface area (TPSA) is 57.6 Å². The smallest absolute Gasteiger partial charge is 0.327 e. The van der Waals surface area contributed by atoms with Crippen molar-refractivity contribution >= 4 is 39.6 Å². The fraction of sp³-hybridized carbons (Fsp3) is 0.333. The highest BCUT2D eigenvalue weighted by Crippen LogP contribution is 2.41. The number of aliphatic carboxylic acids is 1. The first kappa shape index (κ1) is 13.4. The molecule has 0 radical (unpaired) electrons. The van der Waals surface area contributed by atoms with Crippen molar-refractivity contribution in [2.45, 2.75) is 18.3 Å². The van der Waals surface area contributed by atoms with E-state index < -0.39 is 12.0 Å². The number of thioether (sulfide) groups is 1. The minimum atomic E-state index is -0.947. The lowest BCUT2D eigenvalue weighted by Crippen LogP contribution is -2.41. The fourth-order valence-corrected chi connectivity index (χ4v) is 3.70. The number of hydrogen-bond acceptors (Lipinski definition) is 3. The molecule has 4 nitrogen and oxygen atoms in total. The van der Waals surface area contributed by atoms with Crippen LogP contribution in [0.1, 0.15) is 17.9 Å². The zero-order valence-electron chi connectivity index (χ0n) is 9.67. The molecule has 1 aliphatic heterocycles. The molecule has 1 aromatic rings. The minimum Gasteiger partial charge on any atom is -0.480 e. The molecule has 96 valence electrons. The van der Waals surface area contributed by atoms with Crippen LogP contribution in [0.2, 0.25) is 0 Å². The zero-order chi connectivity index (χ0) is 13.3. The van der Waals surface area contributed by atoms with E-state index in [4.69, 9.17) is 5.11 Å². The Kier molecular flexibility index (Phi) is 3.97. The predicted octanol–water partition coefficient (Wildman–Crippen LogP) is 2.50. The number of amides is 1. The quantitative estimate of drug-likeness (QED) is 0.905. The SMILES string of the molecule is CC(=O)N1C(c2ccc(Br)cc2)SC[C@H]1C(=O)O. The van der Waals surface area contributed by atoms with Crippen LogP contribution in [0, 0.1) is 0 Å². The summed E-state index contributed by atoms with van der Waals surface area (Å²) in [6, 6.07) is 6.86. The van der Waals surface area contributed by atoms with Gasteiger partial charge >= 0.3 is 5.97 Å². The van der Waals surface area contributed by atoms with Crippen molar-refractivity contribution in [2.24, 2.45) is 0 Å². The normalized spacial score (nSPS) is 23.1. The number of carboxylic acid groups (broad SMARTS) is 1. The van der Waals surface area contributed by atoms with E-state index in [1.54, 1.807) is 0 Å². The number of carboxylic acids is 1. The molecule has 0 aliphatic carbocycles. The summed E-state index contributed by atoms with van der Waals surface area (Å²) in [5.41, 5.74) is 0.946. The van der Waals surface area contributed by atoms with Gasteiger partial charge in [-0.25, -0.2) is 4.79 Å². The van der Waals surface area contributed by atoms with E-state index in [0.29, 0.717) is 5.75 Å². The molecule has 6 heteroatoms. The van der Waals surface area contributed by atoms with Crippen LogP contribution in [0.15, 0.2) is 28.7 Å². The third-order valence-electron chi connectivity index (χ3n) is 2.80. The monoisotopic (exact) mass is 329 g/mol. The molecule has 1 aromatic carbocycles. The summed E-state index contributed by atoms with van der Waals surface area (Å²) >= 11 is 4.83. The Morgan fingerprint density at radius 2 is 2.00 bits per heavy atom. The summed E-state index contributed by atoms with van der Waals surface area (Å²) in [5, 5.41) is 8.92. The van der Waals surface area contributed by atoms with E-state index in [2.05, 4.69) is 15.9 Å². The highest BCUT2D eigenvalue weighted by molar-refractivity contribution is 9.10. The average molecular weight is 330 g/mol. The first-order valence-electron chi connectivity index (χ1n) is 5.39. The summed E-state index contributed by atoms with van der Waals surface area (Å²) in [5.74, 6) is -0.729. The second-order valence-corrected chi connectivity index (χ2v) is 6.05. The predicted molar refractivity (Wildman–Crippen MR) is 73.3 cm³/mol. The van der Waals surface area contributed by atoms with Crippen LogP contribution in [-0.2, 0) is 9.59 Å². The molecule has 1 unspecified atom stereocenters. The maximum absolute atomic E-state index is 11.7.